The van der Waals surface area contributed by atoms with Crippen molar-refractivity contribution in [3.63, 3.8) is 0 Å². The Morgan fingerprint density at radius 1 is 1.22 bits per heavy atom. The van der Waals surface area contributed by atoms with Gasteiger partial charge in [-0.3, -0.25) is 4.79 Å². The molecule has 0 radical (unpaired) electrons. The fourth-order valence-corrected chi connectivity index (χ4v) is 2.79. The van der Waals surface area contributed by atoms with E-state index in [1.165, 1.54) is 0 Å². The van der Waals surface area contributed by atoms with Crippen LogP contribution in [0.25, 0.3) is 0 Å². The second kappa shape index (κ2) is 8.02. The van der Waals surface area contributed by atoms with Gasteiger partial charge in [-0.25, -0.2) is 0 Å². The summed E-state index contributed by atoms with van der Waals surface area (Å²) in [4.78, 5) is 12.9. The molecule has 0 aliphatic rings. The summed E-state index contributed by atoms with van der Waals surface area (Å²) in [5.74, 6) is 0.553. The topological polar surface area (TPSA) is 38.3 Å². The summed E-state index contributed by atoms with van der Waals surface area (Å²) in [7, 11) is 1.57. The fraction of sp³-hybridized carbons (Fsp3) is 0.316. The highest BCUT2D eigenvalue weighted by molar-refractivity contribution is 6.31. The van der Waals surface area contributed by atoms with Crippen LogP contribution in [0.1, 0.15) is 31.7 Å². The number of ether oxygens (including phenoxy) is 1. The van der Waals surface area contributed by atoms with Crippen molar-refractivity contribution < 1.29 is 9.53 Å². The Morgan fingerprint density at radius 3 is 2.52 bits per heavy atom. The van der Waals surface area contributed by atoms with E-state index in [0.29, 0.717) is 16.5 Å². The first-order chi connectivity index (χ1) is 11.1. The van der Waals surface area contributed by atoms with Gasteiger partial charge in [0, 0.05) is 5.02 Å². The number of carbonyl (C=O) groups excluding carboxylic acids is 1. The average Bonchev–Trinajstić information content (AvgIpc) is 2.56. The van der Waals surface area contributed by atoms with Gasteiger partial charge in [-0.2, -0.15) is 0 Å². The smallest absolute Gasteiger partial charge is 0.232 e. The number of hydrogen-bond donors (Lipinski definition) is 1. The molecule has 23 heavy (non-hydrogen) atoms. The van der Waals surface area contributed by atoms with Crippen LogP contribution in [0.5, 0.6) is 5.75 Å². The fourth-order valence-electron chi connectivity index (χ4n) is 2.62. The molecule has 1 amide bonds. The predicted octanol–water partition coefficient (Wildman–Crippen LogP) is 5.12. The molecule has 0 bridgehead atoms. The van der Waals surface area contributed by atoms with Gasteiger partial charge in [-0.1, -0.05) is 62.2 Å². The number of carbonyl (C=O) groups is 1. The minimum atomic E-state index is -0.218. The van der Waals surface area contributed by atoms with Crippen molar-refractivity contribution >= 4 is 23.2 Å². The van der Waals surface area contributed by atoms with Gasteiger partial charge >= 0.3 is 0 Å². The summed E-state index contributed by atoms with van der Waals surface area (Å²) in [6.07, 6.45) is 0.916. The molecule has 4 heteroatoms. The lowest BCUT2D eigenvalue weighted by molar-refractivity contribution is -0.118. The lowest BCUT2D eigenvalue weighted by Crippen LogP contribution is -2.26. The van der Waals surface area contributed by atoms with Crippen LogP contribution < -0.4 is 10.1 Å². The summed E-state index contributed by atoms with van der Waals surface area (Å²) in [6, 6.07) is 15.0. The molecule has 0 aliphatic heterocycles. The molecule has 2 atom stereocenters. The summed E-state index contributed by atoms with van der Waals surface area (Å²) in [6.45, 7) is 4.18. The number of anilines is 1. The second-order valence-electron chi connectivity index (χ2n) is 5.61. The molecule has 3 nitrogen and oxygen atoms in total. The Morgan fingerprint density at radius 2 is 1.91 bits per heavy atom. The van der Waals surface area contributed by atoms with Crippen LogP contribution in [-0.2, 0) is 4.79 Å². The van der Waals surface area contributed by atoms with Gasteiger partial charge in [-0.05, 0) is 29.7 Å². The van der Waals surface area contributed by atoms with E-state index >= 15 is 0 Å². The monoisotopic (exact) mass is 331 g/mol. The number of halogens is 1. The predicted molar refractivity (Wildman–Crippen MR) is 95.3 cm³/mol. The molecule has 0 aromatic heterocycles. The lowest BCUT2D eigenvalue weighted by atomic mass is 9.85. The standard InChI is InChI=1S/C19H22ClNO2/c1-4-13(2)18(14-8-6-5-7-9-14)19(22)21-16-12-15(20)10-11-17(16)23-3/h5-13,18H,4H2,1-3H3,(H,21,22). The third-order valence-electron chi connectivity index (χ3n) is 4.07. The minimum absolute atomic E-state index is 0.0499. The SMILES string of the molecule is CCC(C)C(C(=O)Nc1cc(Cl)ccc1OC)c1ccccc1. The van der Waals surface area contributed by atoms with Gasteiger partial charge < -0.3 is 10.1 Å². The number of benzene rings is 2. The summed E-state index contributed by atoms with van der Waals surface area (Å²) >= 11 is 6.04. The summed E-state index contributed by atoms with van der Waals surface area (Å²) in [5.41, 5.74) is 1.61. The molecule has 0 saturated carbocycles. The molecule has 122 valence electrons. The molecule has 0 aliphatic carbocycles. The maximum atomic E-state index is 12.9. The number of amides is 1. The van der Waals surface area contributed by atoms with Gasteiger partial charge in [0.1, 0.15) is 5.75 Å². The summed E-state index contributed by atoms with van der Waals surface area (Å²) < 4.78 is 5.30. The van der Waals surface area contributed by atoms with Crippen molar-refractivity contribution in [3.05, 3.63) is 59.1 Å². The average molecular weight is 332 g/mol. The Labute approximate surface area is 142 Å². The van der Waals surface area contributed by atoms with E-state index in [1.807, 2.05) is 30.3 Å². The first-order valence-electron chi connectivity index (χ1n) is 7.76. The van der Waals surface area contributed by atoms with Crippen LogP contribution in [-0.4, -0.2) is 13.0 Å². The maximum absolute atomic E-state index is 12.9. The number of methoxy groups -OCH3 is 1. The Bertz CT molecular complexity index is 658. The van der Waals surface area contributed by atoms with Crippen molar-refractivity contribution in [1.29, 1.82) is 0 Å². The van der Waals surface area contributed by atoms with Gasteiger partial charge in [0.15, 0.2) is 0 Å². The Balaban J connectivity index is 2.30. The largest absolute Gasteiger partial charge is 0.495 e. The number of nitrogens with one attached hydrogen (secondary N) is 1. The first kappa shape index (κ1) is 17.4. The zero-order valence-electron chi connectivity index (χ0n) is 13.7. The van der Waals surface area contributed by atoms with E-state index in [1.54, 1.807) is 25.3 Å². The van der Waals surface area contributed by atoms with Crippen molar-refractivity contribution in [2.45, 2.75) is 26.2 Å². The summed E-state index contributed by atoms with van der Waals surface area (Å²) in [5, 5.41) is 3.52. The quantitative estimate of drug-likeness (QED) is 0.798. The van der Waals surface area contributed by atoms with E-state index < -0.39 is 0 Å². The molecule has 2 aromatic rings. The third kappa shape index (κ3) is 4.26. The first-order valence-corrected chi connectivity index (χ1v) is 8.14. The molecule has 0 spiro atoms. The highest BCUT2D eigenvalue weighted by Gasteiger charge is 2.26. The van der Waals surface area contributed by atoms with Crippen molar-refractivity contribution in [3.8, 4) is 5.75 Å². The Kier molecular flexibility index (Phi) is 6.05. The maximum Gasteiger partial charge on any atom is 0.232 e. The zero-order chi connectivity index (χ0) is 16.8. The normalized spacial score (nSPS) is 13.2. The van der Waals surface area contributed by atoms with Crippen LogP contribution in [0, 0.1) is 5.92 Å². The number of rotatable bonds is 6. The molecular formula is C19H22ClNO2. The van der Waals surface area contributed by atoms with E-state index in [0.717, 1.165) is 12.0 Å². The van der Waals surface area contributed by atoms with Crippen molar-refractivity contribution in [2.75, 3.05) is 12.4 Å². The molecule has 2 rings (SSSR count). The molecule has 1 N–H and O–H groups in total. The van der Waals surface area contributed by atoms with Crippen molar-refractivity contribution in [1.82, 2.24) is 0 Å². The highest BCUT2D eigenvalue weighted by Crippen LogP contribution is 2.32. The van der Waals surface area contributed by atoms with Crippen LogP contribution in [0.3, 0.4) is 0 Å². The second-order valence-corrected chi connectivity index (χ2v) is 6.04. The van der Waals surface area contributed by atoms with Gasteiger partial charge in [-0.15, -0.1) is 0 Å². The number of hydrogen-bond acceptors (Lipinski definition) is 2. The highest BCUT2D eigenvalue weighted by atomic mass is 35.5. The molecule has 0 heterocycles. The van der Waals surface area contributed by atoms with Crippen molar-refractivity contribution in [2.24, 2.45) is 5.92 Å². The van der Waals surface area contributed by atoms with Gasteiger partial charge in [0.05, 0.1) is 18.7 Å². The van der Waals surface area contributed by atoms with Crippen LogP contribution in [0.4, 0.5) is 5.69 Å². The van der Waals surface area contributed by atoms with E-state index in [4.69, 9.17) is 16.3 Å². The van der Waals surface area contributed by atoms with E-state index in [2.05, 4.69) is 19.2 Å². The molecule has 0 saturated heterocycles. The van der Waals surface area contributed by atoms with Gasteiger partial charge in [0.2, 0.25) is 5.91 Å². The van der Waals surface area contributed by atoms with Crippen LogP contribution in [0.15, 0.2) is 48.5 Å². The molecule has 2 aromatic carbocycles. The van der Waals surface area contributed by atoms with Crippen LogP contribution >= 0.6 is 11.6 Å². The van der Waals surface area contributed by atoms with Crippen LogP contribution in [0.2, 0.25) is 5.02 Å². The van der Waals surface area contributed by atoms with Gasteiger partial charge in [0.25, 0.3) is 0 Å². The third-order valence-corrected chi connectivity index (χ3v) is 4.31. The minimum Gasteiger partial charge on any atom is -0.495 e. The Hall–Kier alpha value is -2.00. The zero-order valence-corrected chi connectivity index (χ0v) is 14.4. The molecular weight excluding hydrogens is 310 g/mol. The van der Waals surface area contributed by atoms with E-state index in [9.17, 15) is 4.79 Å². The molecule has 2 unspecified atom stereocenters. The van der Waals surface area contributed by atoms with E-state index in [-0.39, 0.29) is 17.7 Å². The molecule has 0 fully saturated rings. The lowest BCUT2D eigenvalue weighted by Gasteiger charge is -2.23.